The van der Waals surface area contributed by atoms with Gasteiger partial charge in [0, 0.05) is 12.6 Å². The van der Waals surface area contributed by atoms with Crippen molar-refractivity contribution in [3.05, 3.63) is 60.2 Å². The fourth-order valence-electron chi connectivity index (χ4n) is 1.95. The van der Waals surface area contributed by atoms with Gasteiger partial charge in [0.05, 0.1) is 11.3 Å². The molecule has 120 valence electrons. The van der Waals surface area contributed by atoms with Crippen molar-refractivity contribution < 1.29 is 18.0 Å². The molecule has 0 bridgehead atoms. The zero-order valence-corrected chi connectivity index (χ0v) is 13.3. The maximum Gasteiger partial charge on any atom is 0.264 e. The molecule has 0 aromatic heterocycles. The Bertz CT molecular complexity index is 800. The number of sulfonamides is 1. The average Bonchev–Trinajstić information content (AvgIpc) is 2.47. The van der Waals surface area contributed by atoms with Gasteiger partial charge >= 0.3 is 0 Å². The van der Waals surface area contributed by atoms with Crippen molar-refractivity contribution in [3.63, 3.8) is 0 Å². The number of carbonyl (C=O) groups is 2. The molecule has 7 heteroatoms. The van der Waals surface area contributed by atoms with Gasteiger partial charge in [-0.3, -0.25) is 9.59 Å². The third-order valence-corrected chi connectivity index (χ3v) is 4.38. The molecule has 0 unspecified atom stereocenters. The number of carbonyl (C=O) groups excluding carboxylic acids is 2. The van der Waals surface area contributed by atoms with Crippen LogP contribution in [0.3, 0.4) is 0 Å². The molecule has 0 aliphatic heterocycles. The van der Waals surface area contributed by atoms with Crippen LogP contribution in [0.2, 0.25) is 0 Å². The van der Waals surface area contributed by atoms with Crippen LogP contribution in [0.15, 0.2) is 59.5 Å². The Balaban J connectivity index is 2.03. The van der Waals surface area contributed by atoms with Crippen LogP contribution in [0.5, 0.6) is 0 Å². The monoisotopic (exact) mass is 332 g/mol. The minimum Gasteiger partial charge on any atom is -0.326 e. The highest BCUT2D eigenvalue weighted by Crippen LogP contribution is 2.14. The number of hydrogen-bond donors (Lipinski definition) is 2. The maximum absolute atomic E-state index is 11.9. The Labute approximate surface area is 134 Å². The number of nitrogens with one attached hydrogen (secondary N) is 2. The first kappa shape index (κ1) is 16.7. The van der Waals surface area contributed by atoms with Crippen LogP contribution in [-0.2, 0) is 26.0 Å². The molecule has 0 radical (unpaired) electrons. The van der Waals surface area contributed by atoms with Crippen molar-refractivity contribution in [3.8, 4) is 0 Å². The third-order valence-electron chi connectivity index (χ3n) is 2.93. The molecule has 0 fully saturated rings. The van der Waals surface area contributed by atoms with Crippen LogP contribution >= 0.6 is 0 Å². The molecule has 2 amide bonds. The van der Waals surface area contributed by atoms with Crippen LogP contribution in [-0.4, -0.2) is 20.2 Å². The maximum atomic E-state index is 11.9. The minimum atomic E-state index is -3.87. The standard InChI is InChI=1S/C16H16N2O4S/c1-12(19)18-23(21,22)15-9-7-14(8-10-15)17-16(20)11-13-5-3-2-4-6-13/h2-10H,11H2,1H3,(H,17,20)(H,18,19). The summed E-state index contributed by atoms with van der Waals surface area (Å²) in [6.07, 6.45) is 0.229. The van der Waals surface area contributed by atoms with E-state index >= 15 is 0 Å². The van der Waals surface area contributed by atoms with Crippen LogP contribution in [0, 0.1) is 0 Å². The van der Waals surface area contributed by atoms with Gasteiger partial charge in [0.1, 0.15) is 0 Å². The van der Waals surface area contributed by atoms with Crippen molar-refractivity contribution in [2.45, 2.75) is 18.2 Å². The number of anilines is 1. The first-order valence-corrected chi connectivity index (χ1v) is 8.32. The summed E-state index contributed by atoms with van der Waals surface area (Å²) < 4.78 is 25.5. The second-order valence-electron chi connectivity index (χ2n) is 4.90. The molecule has 0 spiro atoms. The van der Waals surface area contributed by atoms with Gasteiger partial charge in [0.2, 0.25) is 11.8 Å². The third kappa shape index (κ3) is 4.93. The largest absolute Gasteiger partial charge is 0.326 e. The molecule has 0 aliphatic carbocycles. The topological polar surface area (TPSA) is 92.3 Å². The van der Waals surface area contributed by atoms with Crippen LogP contribution in [0.25, 0.3) is 0 Å². The number of benzene rings is 2. The SMILES string of the molecule is CC(=O)NS(=O)(=O)c1ccc(NC(=O)Cc2ccccc2)cc1. The van der Waals surface area contributed by atoms with Gasteiger partial charge < -0.3 is 5.32 Å². The molecule has 2 aromatic carbocycles. The molecule has 0 atom stereocenters. The van der Waals surface area contributed by atoms with E-state index in [2.05, 4.69) is 5.32 Å². The second kappa shape index (κ2) is 7.06. The van der Waals surface area contributed by atoms with E-state index in [0.717, 1.165) is 12.5 Å². The Morgan fingerprint density at radius 1 is 0.957 bits per heavy atom. The Morgan fingerprint density at radius 2 is 1.57 bits per heavy atom. The molecule has 0 heterocycles. The van der Waals surface area contributed by atoms with Crippen molar-refractivity contribution in [2.75, 3.05) is 5.32 Å². The van der Waals surface area contributed by atoms with Gasteiger partial charge in [0.25, 0.3) is 10.0 Å². The molecule has 23 heavy (non-hydrogen) atoms. The van der Waals surface area contributed by atoms with E-state index in [4.69, 9.17) is 0 Å². The summed E-state index contributed by atoms with van der Waals surface area (Å²) in [5.41, 5.74) is 1.36. The smallest absolute Gasteiger partial charge is 0.264 e. The average molecular weight is 332 g/mol. The van der Waals surface area contributed by atoms with E-state index in [1.807, 2.05) is 35.1 Å². The minimum absolute atomic E-state index is 0.0474. The Morgan fingerprint density at radius 3 is 2.13 bits per heavy atom. The summed E-state index contributed by atoms with van der Waals surface area (Å²) >= 11 is 0. The number of hydrogen-bond acceptors (Lipinski definition) is 4. The van der Waals surface area contributed by atoms with Crippen LogP contribution in [0.1, 0.15) is 12.5 Å². The molecule has 2 rings (SSSR count). The fraction of sp³-hybridized carbons (Fsp3) is 0.125. The van der Waals surface area contributed by atoms with E-state index in [1.54, 1.807) is 0 Å². The van der Waals surface area contributed by atoms with Crippen LogP contribution in [0.4, 0.5) is 5.69 Å². The van der Waals surface area contributed by atoms with Gasteiger partial charge in [-0.1, -0.05) is 30.3 Å². The molecule has 0 saturated heterocycles. The lowest BCUT2D eigenvalue weighted by atomic mass is 10.1. The molecular weight excluding hydrogens is 316 g/mol. The molecule has 2 N–H and O–H groups in total. The first-order valence-electron chi connectivity index (χ1n) is 6.84. The summed E-state index contributed by atoms with van der Waals surface area (Å²) in [6, 6.07) is 14.9. The summed E-state index contributed by atoms with van der Waals surface area (Å²) in [4.78, 5) is 22.7. The Hall–Kier alpha value is -2.67. The molecule has 2 aromatic rings. The quantitative estimate of drug-likeness (QED) is 0.871. The molecule has 6 nitrogen and oxygen atoms in total. The van der Waals surface area contributed by atoms with E-state index in [0.29, 0.717) is 5.69 Å². The van der Waals surface area contributed by atoms with Crippen molar-refractivity contribution in [2.24, 2.45) is 0 Å². The van der Waals surface area contributed by atoms with E-state index in [1.165, 1.54) is 24.3 Å². The molecular formula is C16H16N2O4S. The van der Waals surface area contributed by atoms with E-state index in [-0.39, 0.29) is 17.2 Å². The molecule has 0 saturated carbocycles. The summed E-state index contributed by atoms with van der Waals surface area (Å²) in [5.74, 6) is -0.862. The lowest BCUT2D eigenvalue weighted by Crippen LogP contribution is -2.28. The highest BCUT2D eigenvalue weighted by atomic mass is 32.2. The lowest BCUT2D eigenvalue weighted by Gasteiger charge is -2.08. The lowest BCUT2D eigenvalue weighted by molar-refractivity contribution is -0.117. The Kier molecular flexibility index (Phi) is 5.13. The zero-order valence-electron chi connectivity index (χ0n) is 12.4. The highest BCUT2D eigenvalue weighted by Gasteiger charge is 2.15. The highest BCUT2D eigenvalue weighted by molar-refractivity contribution is 7.90. The predicted molar refractivity (Wildman–Crippen MR) is 86.2 cm³/mol. The van der Waals surface area contributed by atoms with E-state index in [9.17, 15) is 18.0 Å². The predicted octanol–water partition coefficient (Wildman–Crippen LogP) is 1.69. The number of amides is 2. The van der Waals surface area contributed by atoms with Gasteiger partial charge in [-0.05, 0) is 29.8 Å². The van der Waals surface area contributed by atoms with Crippen LogP contribution < -0.4 is 10.0 Å². The second-order valence-corrected chi connectivity index (χ2v) is 6.58. The molecule has 0 aliphatic rings. The van der Waals surface area contributed by atoms with Gasteiger partial charge in [0.15, 0.2) is 0 Å². The summed E-state index contributed by atoms with van der Waals surface area (Å²) in [7, 11) is -3.87. The van der Waals surface area contributed by atoms with Crippen molar-refractivity contribution in [1.29, 1.82) is 0 Å². The number of rotatable bonds is 5. The summed E-state index contributed by atoms with van der Waals surface area (Å²) in [5, 5.41) is 2.69. The van der Waals surface area contributed by atoms with Crippen molar-refractivity contribution in [1.82, 2.24) is 4.72 Å². The summed E-state index contributed by atoms with van der Waals surface area (Å²) in [6.45, 7) is 1.12. The normalized spacial score (nSPS) is 10.8. The fourth-order valence-corrected chi connectivity index (χ4v) is 2.94. The zero-order chi connectivity index (χ0) is 16.9. The van der Waals surface area contributed by atoms with Gasteiger partial charge in [-0.15, -0.1) is 0 Å². The van der Waals surface area contributed by atoms with Gasteiger partial charge in [-0.25, -0.2) is 13.1 Å². The van der Waals surface area contributed by atoms with Gasteiger partial charge in [-0.2, -0.15) is 0 Å². The van der Waals surface area contributed by atoms with E-state index < -0.39 is 15.9 Å². The van der Waals surface area contributed by atoms with Crippen molar-refractivity contribution >= 4 is 27.5 Å². The first-order chi connectivity index (χ1) is 10.9.